The van der Waals surface area contributed by atoms with Gasteiger partial charge in [0.25, 0.3) is 0 Å². The van der Waals surface area contributed by atoms with Crippen LogP contribution in [0.25, 0.3) is 77.6 Å². The summed E-state index contributed by atoms with van der Waals surface area (Å²) in [6, 6.07) is 39.2. The summed E-state index contributed by atoms with van der Waals surface area (Å²) in [6.07, 6.45) is 4.25. The number of fused-ring (bicyclic) bond motifs is 7. The Bertz CT molecular complexity index is 3740. The molecule has 0 N–H and O–H groups in total. The van der Waals surface area contributed by atoms with Crippen molar-refractivity contribution in [2.45, 2.75) is 122 Å². The molecule has 6 heterocycles. The second-order valence-electron chi connectivity index (χ2n) is 24.8. The minimum atomic E-state index is -0.299. The monoisotopic (exact) mass is 936 g/mol. The van der Waals surface area contributed by atoms with Crippen LogP contribution in [0.15, 0.2) is 128 Å². The molecule has 0 unspecified atom stereocenters. The maximum absolute atomic E-state index is 14.1. The zero-order chi connectivity index (χ0) is 49.3. The van der Waals surface area contributed by atoms with Gasteiger partial charge in [-0.2, -0.15) is 0 Å². The summed E-state index contributed by atoms with van der Waals surface area (Å²) in [5.41, 5.74) is 20.5. The topological polar surface area (TPSA) is 66.9 Å². The molecule has 6 aromatic carbocycles. The van der Waals surface area contributed by atoms with E-state index in [1.165, 1.54) is 55.9 Å². The summed E-state index contributed by atoms with van der Waals surface area (Å²) in [7, 11) is 0. The second kappa shape index (κ2) is 14.7. The van der Waals surface area contributed by atoms with Crippen molar-refractivity contribution in [3.8, 4) is 55.6 Å². The Morgan fingerprint density at radius 3 is 1.27 bits per heavy atom. The van der Waals surface area contributed by atoms with Gasteiger partial charge in [-0.3, -0.25) is 0 Å². The lowest BCUT2D eigenvalue weighted by Crippen LogP contribution is -2.44. The molecule has 0 bridgehead atoms. The molecule has 0 radical (unpaired) electrons. The lowest BCUT2D eigenvalue weighted by Gasteiger charge is -2.48. The van der Waals surface area contributed by atoms with Gasteiger partial charge in [0.15, 0.2) is 0 Å². The molecule has 0 atom stereocenters. The fourth-order valence-electron chi connectivity index (χ4n) is 13.5. The molecule has 0 saturated carbocycles. The van der Waals surface area contributed by atoms with Crippen LogP contribution in [0, 0.1) is 0 Å². The third-order valence-electron chi connectivity index (χ3n) is 18.2. The van der Waals surface area contributed by atoms with E-state index in [4.69, 9.17) is 8.83 Å². The molecule has 358 valence electrons. The van der Waals surface area contributed by atoms with Gasteiger partial charge in [-0.25, -0.2) is 9.59 Å². The molecule has 0 saturated heterocycles. The highest BCUT2D eigenvalue weighted by molar-refractivity contribution is 5.95. The molecule has 4 aliphatic heterocycles. The van der Waals surface area contributed by atoms with E-state index in [1.807, 2.05) is 6.07 Å². The first-order chi connectivity index (χ1) is 33.7. The van der Waals surface area contributed by atoms with Crippen molar-refractivity contribution in [1.82, 2.24) is 0 Å². The van der Waals surface area contributed by atoms with Crippen molar-refractivity contribution in [2.75, 3.05) is 36.0 Å². The molecule has 6 nitrogen and oxygen atoms in total. The highest BCUT2D eigenvalue weighted by Crippen LogP contribution is 2.55. The lowest BCUT2D eigenvalue weighted by atomic mass is 9.69. The predicted molar refractivity (Wildman–Crippen MR) is 293 cm³/mol. The Morgan fingerprint density at radius 2 is 0.775 bits per heavy atom. The molecule has 1 aliphatic carbocycles. The third-order valence-corrected chi connectivity index (χ3v) is 18.2. The van der Waals surface area contributed by atoms with Crippen molar-refractivity contribution >= 4 is 33.3 Å². The van der Waals surface area contributed by atoms with E-state index in [-0.39, 0.29) is 38.3 Å². The van der Waals surface area contributed by atoms with Crippen LogP contribution in [-0.2, 0) is 27.1 Å². The van der Waals surface area contributed by atoms with Gasteiger partial charge >= 0.3 is 11.3 Å². The Hall–Kier alpha value is -6.66. The van der Waals surface area contributed by atoms with E-state index in [0.29, 0.717) is 11.1 Å². The quantitative estimate of drug-likeness (QED) is 0.164. The van der Waals surface area contributed by atoms with Crippen LogP contribution in [0.5, 0.6) is 0 Å². The van der Waals surface area contributed by atoms with E-state index in [1.54, 1.807) is 0 Å². The Kier molecular flexibility index (Phi) is 9.18. The maximum atomic E-state index is 14.1. The number of hydrogen-bond donors (Lipinski definition) is 0. The number of nitrogens with zero attached hydrogens (tertiary/aromatic N) is 2. The average molecular weight is 937 g/mol. The van der Waals surface area contributed by atoms with Crippen molar-refractivity contribution in [2.24, 2.45) is 0 Å². The molecule has 71 heavy (non-hydrogen) atoms. The molecule has 13 rings (SSSR count). The Balaban J connectivity index is 0.844. The van der Waals surface area contributed by atoms with Crippen LogP contribution in [0.1, 0.15) is 128 Å². The van der Waals surface area contributed by atoms with Gasteiger partial charge in [-0.15, -0.1) is 0 Å². The molecule has 6 heteroatoms. The molecule has 0 fully saturated rings. The van der Waals surface area contributed by atoms with Gasteiger partial charge in [0.2, 0.25) is 0 Å². The third kappa shape index (κ3) is 6.51. The normalized spacial score (nSPS) is 19.3. The van der Waals surface area contributed by atoms with Crippen LogP contribution >= 0.6 is 0 Å². The van der Waals surface area contributed by atoms with Crippen molar-refractivity contribution in [3.05, 3.63) is 163 Å². The summed E-state index contributed by atoms with van der Waals surface area (Å²) in [6.45, 7) is 27.3. The second-order valence-corrected chi connectivity index (χ2v) is 24.8. The molecule has 0 amide bonds. The zero-order valence-electron chi connectivity index (χ0n) is 43.1. The van der Waals surface area contributed by atoms with Gasteiger partial charge in [-0.1, -0.05) is 136 Å². The van der Waals surface area contributed by atoms with Crippen LogP contribution < -0.4 is 21.1 Å². The lowest BCUT2D eigenvalue weighted by molar-refractivity contribution is 0.398. The minimum Gasteiger partial charge on any atom is -0.422 e. The smallest absolute Gasteiger partial charge is 0.344 e. The SMILES string of the molecule is CC1(C)CCN2CCC(C)(C)c3c2c1cc1cc(-c2ccc(-c4ccc5c(c4)-c4cc(-c6cccc(-c7cc8cc9c%10c(c8oc7=O)C(C)(C)CCN%10CCC9(C)C)c6)ccc4C5(C)C)cc2)c(=O)oc31. The average Bonchev–Trinajstić information content (AvgIpc) is 3.56. The summed E-state index contributed by atoms with van der Waals surface area (Å²) < 4.78 is 12.8. The van der Waals surface area contributed by atoms with Crippen molar-refractivity contribution < 1.29 is 8.83 Å². The van der Waals surface area contributed by atoms with Gasteiger partial charge in [0.1, 0.15) is 11.2 Å². The largest absolute Gasteiger partial charge is 0.422 e. The number of hydrogen-bond acceptors (Lipinski definition) is 6. The maximum Gasteiger partial charge on any atom is 0.344 e. The molecule has 0 spiro atoms. The predicted octanol–water partition coefficient (Wildman–Crippen LogP) is 15.2. The number of anilines is 2. The zero-order valence-corrected chi connectivity index (χ0v) is 43.1. The fraction of sp³-hybridized carbons (Fsp3) is 0.354. The van der Waals surface area contributed by atoms with Gasteiger partial charge in [0.05, 0.1) is 11.1 Å². The molecule has 2 aromatic heterocycles. The summed E-state index contributed by atoms with van der Waals surface area (Å²) in [5.74, 6) is 0. The summed E-state index contributed by atoms with van der Waals surface area (Å²) in [5, 5.41) is 2.00. The first-order valence-corrected chi connectivity index (χ1v) is 26.0. The molecule has 5 aliphatic rings. The molecular formula is C65H64N2O4. The highest BCUT2D eigenvalue weighted by atomic mass is 16.4. The Morgan fingerprint density at radius 1 is 0.380 bits per heavy atom. The summed E-state index contributed by atoms with van der Waals surface area (Å²) in [4.78, 5) is 33.1. The Labute approximate surface area is 417 Å². The van der Waals surface area contributed by atoms with Crippen LogP contribution in [-0.4, -0.2) is 26.2 Å². The van der Waals surface area contributed by atoms with E-state index >= 15 is 0 Å². The first kappa shape index (κ1) is 44.3. The van der Waals surface area contributed by atoms with E-state index in [2.05, 4.69) is 182 Å². The fourth-order valence-corrected chi connectivity index (χ4v) is 13.5. The van der Waals surface area contributed by atoms with Crippen LogP contribution in [0.3, 0.4) is 0 Å². The van der Waals surface area contributed by atoms with Gasteiger partial charge in [-0.05, 0) is 157 Å². The number of benzene rings is 6. The summed E-state index contributed by atoms with van der Waals surface area (Å²) >= 11 is 0. The van der Waals surface area contributed by atoms with E-state index in [0.717, 1.165) is 107 Å². The van der Waals surface area contributed by atoms with Crippen LogP contribution in [0.4, 0.5) is 11.4 Å². The van der Waals surface area contributed by atoms with E-state index in [9.17, 15) is 9.59 Å². The first-order valence-electron chi connectivity index (χ1n) is 26.0. The van der Waals surface area contributed by atoms with Gasteiger partial charge < -0.3 is 18.6 Å². The minimum absolute atomic E-state index is 0.0251. The number of rotatable bonds is 4. The standard InChI is InChI=1S/C65H64N2O4/c1-61(2)22-26-66-28-24-63(5,6)53-55(66)51(61)35-43-33-45(59(68)70-57(43)53)38-16-14-37(15-17-38)40-18-20-49-47(31-40)48-32-41(19-21-50(48)65(49,9)10)39-12-11-13-42(30-39)46-34-44-36-52-56-54(58(44)71-60(46)69)64(7,8)25-29-67(56)27-23-62(52,3)4/h11-21,30-36H,22-29H2,1-10H3. The molecular weight excluding hydrogens is 873 g/mol. The van der Waals surface area contributed by atoms with E-state index < -0.39 is 0 Å². The van der Waals surface area contributed by atoms with Crippen molar-refractivity contribution in [1.29, 1.82) is 0 Å². The van der Waals surface area contributed by atoms with Crippen LogP contribution in [0.2, 0.25) is 0 Å². The molecule has 8 aromatic rings. The van der Waals surface area contributed by atoms with Crippen molar-refractivity contribution in [3.63, 3.8) is 0 Å². The van der Waals surface area contributed by atoms with Gasteiger partial charge in [0, 0.05) is 64.9 Å². The highest BCUT2D eigenvalue weighted by Gasteiger charge is 2.44.